The van der Waals surface area contributed by atoms with Crippen molar-refractivity contribution in [1.29, 1.82) is 0 Å². The first kappa shape index (κ1) is 23.3. The monoisotopic (exact) mass is 382 g/mol. The molecule has 0 heterocycles. The summed E-state index contributed by atoms with van der Waals surface area (Å²) in [6, 6.07) is -1.97. The van der Waals surface area contributed by atoms with E-state index >= 15 is 0 Å². The molecule has 0 radical (unpaired) electrons. The molecule has 2 atom stereocenters. The molecule has 0 aromatic rings. The van der Waals surface area contributed by atoms with Crippen molar-refractivity contribution in [2.75, 3.05) is 12.8 Å². The Bertz CT molecular complexity index is 491. The van der Waals surface area contributed by atoms with Crippen LogP contribution in [0.1, 0.15) is 26.7 Å². The van der Waals surface area contributed by atoms with E-state index < -0.39 is 44.1 Å². The third-order valence-electron chi connectivity index (χ3n) is 3.26. The zero-order valence-corrected chi connectivity index (χ0v) is 15.1. The predicted molar refractivity (Wildman–Crippen MR) is 90.2 cm³/mol. The molecule has 2 unspecified atom stereocenters. The van der Waals surface area contributed by atoms with E-state index in [0.717, 1.165) is 0 Å². The van der Waals surface area contributed by atoms with Crippen molar-refractivity contribution >= 4 is 25.7 Å². The maximum atomic E-state index is 12.1. The zero-order valence-electron chi connectivity index (χ0n) is 14.2. The van der Waals surface area contributed by atoms with E-state index in [2.05, 4.69) is 10.6 Å². The molecule has 25 heavy (non-hydrogen) atoms. The summed E-state index contributed by atoms with van der Waals surface area (Å²) in [7, 11) is -4.45. The first-order valence-corrected chi connectivity index (χ1v) is 9.35. The number of rotatable bonds is 10. The van der Waals surface area contributed by atoms with Crippen molar-refractivity contribution in [1.82, 2.24) is 10.6 Å². The quantitative estimate of drug-likeness (QED) is 0.0490. The Labute approximate surface area is 146 Å². The molecule has 0 fully saturated rings. The van der Waals surface area contributed by atoms with Crippen molar-refractivity contribution in [3.8, 4) is 0 Å². The maximum Gasteiger partial charge on any atom is 0.341 e. The summed E-state index contributed by atoms with van der Waals surface area (Å²) in [4.78, 5) is 52.6. The molecular formula is C12H27N6O6P. The van der Waals surface area contributed by atoms with Gasteiger partial charge in [-0.2, -0.15) is 0 Å². The summed E-state index contributed by atoms with van der Waals surface area (Å²) in [6.45, 7) is 3.33. The number of hydroxylamine groups is 1. The molecule has 0 aromatic heterocycles. The van der Waals surface area contributed by atoms with E-state index in [1.165, 1.54) is 0 Å². The van der Waals surface area contributed by atoms with Gasteiger partial charge in [-0.25, -0.2) is 9.79 Å². The number of amides is 2. The van der Waals surface area contributed by atoms with Gasteiger partial charge in [-0.05, 0) is 18.8 Å². The molecule has 10 N–H and O–H groups in total. The van der Waals surface area contributed by atoms with Crippen molar-refractivity contribution in [3.05, 3.63) is 5.21 Å². The number of carbonyl (C=O) groups is 2. The molecular weight excluding hydrogens is 355 g/mol. The molecule has 0 saturated heterocycles. The number of nitrogens with zero attached hydrogens (tertiary/aromatic N) is 1. The number of nitrogens with one attached hydrogen (secondary N) is 2. The lowest BCUT2D eigenvalue weighted by atomic mass is 10.0. The van der Waals surface area contributed by atoms with Crippen LogP contribution in [-0.2, 0) is 9.59 Å². The second kappa shape index (κ2) is 10.3. The minimum atomic E-state index is -4.45. The summed E-state index contributed by atoms with van der Waals surface area (Å²) in [5, 5.41) is 15.8. The van der Waals surface area contributed by atoms with Gasteiger partial charge in [-0.1, -0.05) is 13.8 Å². The fourth-order valence-corrected chi connectivity index (χ4v) is 2.07. The highest BCUT2D eigenvalue weighted by molar-refractivity contribution is 7.57. The number of guanidine groups is 1. The van der Waals surface area contributed by atoms with Crippen molar-refractivity contribution < 1.29 is 29.0 Å². The van der Waals surface area contributed by atoms with Crippen molar-refractivity contribution in [2.45, 2.75) is 38.8 Å². The molecule has 0 rings (SSSR count). The second-order valence-corrected chi connectivity index (χ2v) is 7.51. The number of nitrogens with two attached hydrogens (primary N) is 3. The summed E-state index contributed by atoms with van der Waals surface area (Å²) in [5.74, 6) is -2.00. The van der Waals surface area contributed by atoms with Gasteiger partial charge < -0.3 is 26.5 Å². The third kappa shape index (κ3) is 9.99. The smallest absolute Gasteiger partial charge is 0.341 e. The maximum absolute atomic E-state index is 12.1. The van der Waals surface area contributed by atoms with Crippen LogP contribution in [0.5, 0.6) is 0 Å². The highest BCUT2D eigenvalue weighted by atomic mass is 31.2. The lowest BCUT2D eigenvalue weighted by Crippen LogP contribution is -2.53. The van der Waals surface area contributed by atoms with Gasteiger partial charge in [0.2, 0.25) is 19.8 Å². The summed E-state index contributed by atoms with van der Waals surface area (Å²) in [5.41, 5.74) is 15.9. The molecule has 13 heteroatoms. The standard InChI is InChI=1S/C12H27N6O6P/c1-7(2)9(13)11(20)17-8(4-3-5-18(21)12(14)15)10(19)16-6-25(22,23)24/h7-9H,3-6,13-15H2,1-2H3,(H,16,19)(H,17,20)(H2,22,23,24). The molecule has 0 saturated carbocycles. The minimum Gasteiger partial charge on any atom is -0.744 e. The molecule has 12 nitrogen and oxygen atoms in total. The molecule has 2 amide bonds. The predicted octanol–water partition coefficient (Wildman–Crippen LogP) is -3.80. The van der Waals surface area contributed by atoms with Crippen molar-refractivity contribution in [2.24, 2.45) is 23.1 Å². The van der Waals surface area contributed by atoms with E-state index in [-0.39, 0.29) is 25.3 Å². The zero-order chi connectivity index (χ0) is 19.8. The largest absolute Gasteiger partial charge is 0.744 e. The van der Waals surface area contributed by atoms with Crippen LogP contribution < -0.4 is 32.7 Å². The van der Waals surface area contributed by atoms with Gasteiger partial charge in [0.05, 0.1) is 12.6 Å². The summed E-state index contributed by atoms with van der Waals surface area (Å²) >= 11 is 0. The first-order chi connectivity index (χ1) is 11.3. The molecule has 0 aliphatic rings. The third-order valence-corrected chi connectivity index (χ3v) is 3.83. The topological polar surface area (TPSA) is 226 Å². The van der Waals surface area contributed by atoms with Gasteiger partial charge in [0.25, 0.3) is 0 Å². The van der Waals surface area contributed by atoms with Crippen LogP contribution in [0.25, 0.3) is 0 Å². The average Bonchev–Trinajstić information content (AvgIpc) is 2.49. The van der Waals surface area contributed by atoms with Crippen LogP contribution >= 0.6 is 7.94 Å². The van der Waals surface area contributed by atoms with Gasteiger partial charge in [-0.3, -0.25) is 25.8 Å². The van der Waals surface area contributed by atoms with E-state index in [4.69, 9.17) is 27.0 Å². The Balaban J connectivity index is 4.89. The van der Waals surface area contributed by atoms with E-state index in [9.17, 15) is 19.7 Å². The van der Waals surface area contributed by atoms with Crippen LogP contribution in [0.3, 0.4) is 0 Å². The minimum absolute atomic E-state index is 0.0234. The summed E-state index contributed by atoms with van der Waals surface area (Å²) in [6.07, 6.45) is -0.701. The van der Waals surface area contributed by atoms with E-state index in [1.807, 2.05) is 0 Å². The Kier molecular flexibility index (Phi) is 9.60. The van der Waals surface area contributed by atoms with Gasteiger partial charge >= 0.3 is 5.96 Å². The van der Waals surface area contributed by atoms with Gasteiger partial charge in [0.15, 0.2) is 6.29 Å². The number of hydrogen-bond donors (Lipinski definition) is 7. The van der Waals surface area contributed by atoms with Crippen molar-refractivity contribution in [3.63, 3.8) is 0 Å². The SMILES string of the molecule is CC(C)C(N)C(=O)NC(CCC[N+]([O-])=C(N)N)C(=O)NC[P+]([O-])(O)O. The van der Waals surface area contributed by atoms with Crippen LogP contribution in [-0.4, -0.2) is 57.2 Å². The molecule has 146 valence electrons. The lowest BCUT2D eigenvalue weighted by Gasteiger charge is -2.23. The fourth-order valence-electron chi connectivity index (χ4n) is 1.71. The summed E-state index contributed by atoms with van der Waals surface area (Å²) < 4.78 is 0.326. The van der Waals surface area contributed by atoms with Crippen LogP contribution in [0, 0.1) is 11.1 Å². The van der Waals surface area contributed by atoms with Crippen LogP contribution in [0.2, 0.25) is 0 Å². The van der Waals surface area contributed by atoms with Gasteiger partial charge in [-0.15, -0.1) is 0 Å². The molecule has 0 aromatic carbocycles. The average molecular weight is 382 g/mol. The molecule has 0 aliphatic carbocycles. The van der Waals surface area contributed by atoms with Crippen LogP contribution in [0.4, 0.5) is 0 Å². The Morgan fingerprint density at radius 2 is 1.80 bits per heavy atom. The van der Waals surface area contributed by atoms with Crippen LogP contribution in [0.15, 0.2) is 0 Å². The Hall–Kier alpha value is -1.72. The fraction of sp³-hybridized carbons (Fsp3) is 0.750. The lowest BCUT2D eigenvalue weighted by molar-refractivity contribution is -0.460. The van der Waals surface area contributed by atoms with E-state index in [0.29, 0.717) is 4.74 Å². The molecule has 0 bridgehead atoms. The number of carbonyl (C=O) groups excluding carboxylic acids is 2. The molecule has 0 spiro atoms. The first-order valence-electron chi connectivity index (χ1n) is 7.56. The van der Waals surface area contributed by atoms with E-state index in [1.54, 1.807) is 13.8 Å². The normalized spacial score (nSPS) is 13.9. The highest BCUT2D eigenvalue weighted by Crippen LogP contribution is 2.36. The highest BCUT2D eigenvalue weighted by Gasteiger charge is 2.27. The van der Waals surface area contributed by atoms with Gasteiger partial charge in [0, 0.05) is 0 Å². The van der Waals surface area contributed by atoms with Gasteiger partial charge in [0.1, 0.15) is 6.04 Å². The second-order valence-electron chi connectivity index (χ2n) is 5.86. The molecule has 0 aliphatic heterocycles. The Morgan fingerprint density at radius 1 is 1.24 bits per heavy atom. The number of hydrogen-bond acceptors (Lipinski definition) is 7. The Morgan fingerprint density at radius 3 is 2.24 bits per heavy atom.